The second-order valence-corrected chi connectivity index (χ2v) is 8.82. The Balaban J connectivity index is 1.52. The van der Waals surface area contributed by atoms with Gasteiger partial charge in [-0.1, -0.05) is 12.8 Å². The van der Waals surface area contributed by atoms with Crippen molar-refractivity contribution in [3.63, 3.8) is 0 Å². The first-order valence-corrected chi connectivity index (χ1v) is 11.3. The molecule has 1 aromatic carbocycles. The van der Waals surface area contributed by atoms with E-state index in [4.69, 9.17) is 0 Å². The first-order chi connectivity index (χ1) is 15.0. The molecule has 3 heterocycles. The molecule has 0 aliphatic carbocycles. The molecule has 31 heavy (non-hydrogen) atoms. The van der Waals surface area contributed by atoms with E-state index in [9.17, 15) is 14.9 Å². The minimum absolute atomic E-state index is 0.00418. The maximum Gasteiger partial charge on any atom is 0.293 e. The van der Waals surface area contributed by atoms with Crippen molar-refractivity contribution in [1.29, 1.82) is 0 Å². The molecule has 4 rings (SSSR count). The summed E-state index contributed by atoms with van der Waals surface area (Å²) in [6.07, 6.45) is 10.6. The molecule has 0 amide bonds. The molecule has 2 aromatic rings. The summed E-state index contributed by atoms with van der Waals surface area (Å²) in [6.45, 7) is 5.04. The first-order valence-electron chi connectivity index (χ1n) is 11.3. The molecule has 0 radical (unpaired) electrons. The Morgan fingerprint density at radius 3 is 2.61 bits per heavy atom. The van der Waals surface area contributed by atoms with Crippen molar-refractivity contribution < 1.29 is 9.72 Å². The maximum atomic E-state index is 12.8. The minimum atomic E-state index is -0.372. The molecule has 0 saturated carbocycles. The molecule has 8 nitrogen and oxygen atoms in total. The summed E-state index contributed by atoms with van der Waals surface area (Å²) in [5.41, 5.74) is 0.903. The number of rotatable bonds is 6. The summed E-state index contributed by atoms with van der Waals surface area (Å²) >= 11 is 0. The fraction of sp³-hybridized carbons (Fsp3) is 0.565. The van der Waals surface area contributed by atoms with Crippen LogP contribution in [-0.4, -0.2) is 57.9 Å². The van der Waals surface area contributed by atoms with E-state index in [1.807, 2.05) is 0 Å². The molecule has 1 atom stereocenters. The number of hydrogen-bond acceptors (Lipinski definition) is 6. The lowest BCUT2D eigenvalue weighted by Crippen LogP contribution is -2.41. The largest absolute Gasteiger partial charge is 0.366 e. The predicted molar refractivity (Wildman–Crippen MR) is 120 cm³/mol. The maximum absolute atomic E-state index is 12.8. The molecular weight excluding hydrogens is 394 g/mol. The van der Waals surface area contributed by atoms with Crippen molar-refractivity contribution in [2.24, 2.45) is 13.0 Å². The van der Waals surface area contributed by atoms with Gasteiger partial charge in [0.25, 0.3) is 5.69 Å². The molecule has 0 bridgehead atoms. The van der Waals surface area contributed by atoms with E-state index in [1.165, 1.54) is 44.8 Å². The van der Waals surface area contributed by atoms with E-state index in [0.717, 1.165) is 32.5 Å². The first kappa shape index (κ1) is 21.5. The molecule has 0 spiro atoms. The zero-order chi connectivity index (χ0) is 21.8. The Hall–Kier alpha value is -2.74. The molecule has 1 unspecified atom stereocenters. The van der Waals surface area contributed by atoms with E-state index in [-0.39, 0.29) is 22.2 Å². The smallest absolute Gasteiger partial charge is 0.293 e. The van der Waals surface area contributed by atoms with Gasteiger partial charge in [-0.05, 0) is 56.8 Å². The number of nitro benzene ring substituents is 1. The highest BCUT2D eigenvalue weighted by Gasteiger charge is 2.28. The summed E-state index contributed by atoms with van der Waals surface area (Å²) in [6, 6.07) is 4.84. The van der Waals surface area contributed by atoms with E-state index < -0.39 is 0 Å². The van der Waals surface area contributed by atoms with Crippen molar-refractivity contribution in [3.05, 3.63) is 52.1 Å². The van der Waals surface area contributed by atoms with Crippen molar-refractivity contribution in [1.82, 2.24) is 14.5 Å². The van der Waals surface area contributed by atoms with E-state index in [0.29, 0.717) is 17.2 Å². The predicted octanol–water partition coefficient (Wildman–Crippen LogP) is 3.65. The lowest BCUT2D eigenvalue weighted by Gasteiger charge is -2.36. The Kier molecular flexibility index (Phi) is 6.65. The second-order valence-electron chi connectivity index (χ2n) is 8.82. The summed E-state index contributed by atoms with van der Waals surface area (Å²) in [5.74, 6) is 0.484. The number of nitrogens with zero attached hydrogens (tertiary/aromatic N) is 5. The van der Waals surface area contributed by atoms with Crippen molar-refractivity contribution in [2.75, 3.05) is 37.6 Å². The van der Waals surface area contributed by atoms with Gasteiger partial charge in [0, 0.05) is 50.7 Å². The highest BCUT2D eigenvalue weighted by atomic mass is 16.6. The summed E-state index contributed by atoms with van der Waals surface area (Å²) in [4.78, 5) is 33.1. The van der Waals surface area contributed by atoms with Crippen LogP contribution in [0, 0.1) is 16.0 Å². The van der Waals surface area contributed by atoms with Gasteiger partial charge in [0.1, 0.15) is 5.69 Å². The van der Waals surface area contributed by atoms with Crippen LogP contribution in [0.1, 0.15) is 54.7 Å². The van der Waals surface area contributed by atoms with Crippen LogP contribution in [0.25, 0.3) is 0 Å². The Morgan fingerprint density at radius 1 is 1.16 bits per heavy atom. The highest BCUT2D eigenvalue weighted by Crippen LogP contribution is 2.33. The Morgan fingerprint density at radius 2 is 1.94 bits per heavy atom. The number of nitro groups is 1. The number of carbonyl (C=O) groups is 1. The number of ketones is 1. The number of benzene rings is 1. The van der Waals surface area contributed by atoms with Crippen LogP contribution in [-0.2, 0) is 7.05 Å². The number of imidazole rings is 1. The van der Waals surface area contributed by atoms with Gasteiger partial charge in [-0.2, -0.15) is 0 Å². The minimum Gasteiger partial charge on any atom is -0.366 e. The van der Waals surface area contributed by atoms with Crippen molar-refractivity contribution >= 4 is 17.2 Å². The van der Waals surface area contributed by atoms with Crippen LogP contribution in [0.15, 0.2) is 30.6 Å². The highest BCUT2D eigenvalue weighted by molar-refractivity contribution is 6.07. The van der Waals surface area contributed by atoms with Gasteiger partial charge in [-0.15, -0.1) is 0 Å². The fourth-order valence-electron chi connectivity index (χ4n) is 4.91. The lowest BCUT2D eigenvalue weighted by atomic mass is 9.96. The summed E-state index contributed by atoms with van der Waals surface area (Å²) in [7, 11) is 1.74. The number of aryl methyl sites for hydroxylation is 1. The SMILES string of the molecule is Cn1ccnc1C(=O)c1ccc(N2CCCC(CN3CCCCCC3)C2)c([N+](=O)[O-])c1. The zero-order valence-electron chi connectivity index (χ0n) is 18.2. The molecule has 8 heteroatoms. The molecular formula is C23H31N5O3. The van der Waals surface area contributed by atoms with Gasteiger partial charge < -0.3 is 14.4 Å². The Bertz CT molecular complexity index is 933. The number of piperidine rings is 1. The zero-order valence-corrected chi connectivity index (χ0v) is 18.2. The van der Waals surface area contributed by atoms with Gasteiger partial charge in [-0.3, -0.25) is 14.9 Å². The number of hydrogen-bond donors (Lipinski definition) is 0. The van der Waals surface area contributed by atoms with E-state index in [2.05, 4.69) is 14.8 Å². The van der Waals surface area contributed by atoms with E-state index >= 15 is 0 Å². The van der Waals surface area contributed by atoms with Gasteiger partial charge in [-0.25, -0.2) is 4.98 Å². The summed E-state index contributed by atoms with van der Waals surface area (Å²) in [5, 5.41) is 11.9. The number of carbonyl (C=O) groups excluding carboxylic acids is 1. The van der Waals surface area contributed by atoms with Crippen LogP contribution >= 0.6 is 0 Å². The third-order valence-electron chi connectivity index (χ3n) is 6.53. The average molecular weight is 426 g/mol. The normalized spacial score (nSPS) is 20.4. The fourth-order valence-corrected chi connectivity index (χ4v) is 4.91. The van der Waals surface area contributed by atoms with Crippen LogP contribution in [0.4, 0.5) is 11.4 Å². The van der Waals surface area contributed by atoms with Gasteiger partial charge in [0.05, 0.1) is 4.92 Å². The van der Waals surface area contributed by atoms with Crippen LogP contribution in [0.2, 0.25) is 0 Å². The Labute approximate surface area is 183 Å². The van der Waals surface area contributed by atoms with Crippen molar-refractivity contribution in [2.45, 2.75) is 38.5 Å². The second kappa shape index (κ2) is 9.60. The molecule has 0 N–H and O–H groups in total. The third kappa shape index (κ3) is 4.95. The quantitative estimate of drug-likeness (QED) is 0.399. The van der Waals surface area contributed by atoms with Gasteiger partial charge in [0.15, 0.2) is 5.82 Å². The number of aromatic nitrogens is 2. The summed E-state index contributed by atoms with van der Waals surface area (Å²) < 4.78 is 1.63. The van der Waals surface area contributed by atoms with Gasteiger partial charge >= 0.3 is 0 Å². The molecule has 1 aromatic heterocycles. The molecule has 2 aliphatic heterocycles. The van der Waals surface area contributed by atoms with Crippen LogP contribution < -0.4 is 4.90 Å². The molecule has 166 valence electrons. The number of anilines is 1. The molecule has 2 fully saturated rings. The average Bonchev–Trinajstić information content (AvgIpc) is 3.04. The number of likely N-dealkylation sites (tertiary alicyclic amines) is 1. The molecule has 2 saturated heterocycles. The van der Waals surface area contributed by atoms with Crippen LogP contribution in [0.3, 0.4) is 0 Å². The van der Waals surface area contributed by atoms with Gasteiger partial charge in [0.2, 0.25) is 5.78 Å². The van der Waals surface area contributed by atoms with Crippen LogP contribution in [0.5, 0.6) is 0 Å². The molecule has 2 aliphatic rings. The van der Waals surface area contributed by atoms with Crippen molar-refractivity contribution in [3.8, 4) is 0 Å². The standard InChI is InChI=1S/C23H31N5O3/c1-25-14-10-24-23(25)22(29)19-8-9-20(21(15-19)28(30)31)27-13-6-7-18(17-27)16-26-11-4-2-3-5-12-26/h8-10,14-15,18H,2-7,11-13,16-17H2,1H3. The third-order valence-corrected chi connectivity index (χ3v) is 6.53. The van der Waals surface area contributed by atoms with E-state index in [1.54, 1.807) is 36.1 Å². The topological polar surface area (TPSA) is 84.5 Å². The lowest BCUT2D eigenvalue weighted by molar-refractivity contribution is -0.384. The monoisotopic (exact) mass is 425 g/mol.